The minimum Gasteiger partial charge on any atom is -0.335 e. The van der Waals surface area contributed by atoms with E-state index in [0.717, 1.165) is 27.7 Å². The Morgan fingerprint density at radius 2 is 2.10 bits per heavy atom. The highest BCUT2D eigenvalue weighted by molar-refractivity contribution is 6.12. The number of nitrogens with one attached hydrogen (secondary N) is 1. The lowest BCUT2D eigenvalue weighted by Gasteiger charge is -2.40. The molecule has 1 N–H and O–H groups in total. The monoisotopic (exact) mass is 403 g/mol. The molecular formula is C22H21N5O3. The van der Waals surface area contributed by atoms with Gasteiger partial charge in [0.25, 0.3) is 11.5 Å². The molecular weight excluding hydrogens is 382 g/mol. The Bertz CT molecular complexity index is 1270. The van der Waals surface area contributed by atoms with Crippen molar-refractivity contribution >= 4 is 28.4 Å². The number of hydrogen-bond donors (Lipinski definition) is 1. The average molecular weight is 403 g/mol. The van der Waals surface area contributed by atoms with Crippen LogP contribution in [0.1, 0.15) is 27.5 Å². The van der Waals surface area contributed by atoms with E-state index in [1.54, 1.807) is 26.8 Å². The number of fused-ring (bicyclic) bond motifs is 2. The molecule has 1 saturated heterocycles. The molecule has 0 unspecified atom stereocenters. The van der Waals surface area contributed by atoms with Crippen LogP contribution in [0.5, 0.6) is 0 Å². The van der Waals surface area contributed by atoms with E-state index in [1.165, 1.54) is 12.1 Å². The van der Waals surface area contributed by atoms with Crippen LogP contribution in [-0.2, 0) is 11.2 Å². The molecule has 2 aliphatic heterocycles. The van der Waals surface area contributed by atoms with Crippen LogP contribution < -0.4 is 10.5 Å². The van der Waals surface area contributed by atoms with Crippen molar-refractivity contribution < 1.29 is 9.59 Å². The van der Waals surface area contributed by atoms with Crippen molar-refractivity contribution in [1.82, 2.24) is 19.7 Å². The lowest BCUT2D eigenvalue weighted by Crippen LogP contribution is -2.52. The molecule has 1 aromatic carbocycles. The van der Waals surface area contributed by atoms with Gasteiger partial charge in [-0.05, 0) is 36.6 Å². The number of benzene rings is 1. The van der Waals surface area contributed by atoms with E-state index in [2.05, 4.69) is 16.8 Å². The summed E-state index contributed by atoms with van der Waals surface area (Å²) in [5.74, 6) is -0.304. The predicted octanol–water partition coefficient (Wildman–Crippen LogP) is 1.81. The van der Waals surface area contributed by atoms with E-state index in [4.69, 9.17) is 0 Å². The molecule has 4 heterocycles. The van der Waals surface area contributed by atoms with Crippen LogP contribution in [0.2, 0.25) is 0 Å². The summed E-state index contributed by atoms with van der Waals surface area (Å²) in [4.78, 5) is 41.1. The zero-order valence-corrected chi connectivity index (χ0v) is 16.6. The van der Waals surface area contributed by atoms with E-state index in [1.807, 2.05) is 19.1 Å². The molecule has 0 bridgehead atoms. The fraction of sp³-hybridized carbons (Fsp3) is 0.273. The minimum absolute atomic E-state index is 0.0678. The number of pyridine rings is 1. The molecule has 2 amide bonds. The van der Waals surface area contributed by atoms with Gasteiger partial charge in [-0.3, -0.25) is 19.5 Å². The van der Waals surface area contributed by atoms with E-state index < -0.39 is 0 Å². The number of carbonyl (C=O) groups is 2. The van der Waals surface area contributed by atoms with Gasteiger partial charge < -0.3 is 14.4 Å². The zero-order chi connectivity index (χ0) is 21.0. The fourth-order valence-corrected chi connectivity index (χ4v) is 4.38. The summed E-state index contributed by atoms with van der Waals surface area (Å²) in [7, 11) is 0. The first kappa shape index (κ1) is 18.4. The summed E-state index contributed by atoms with van der Waals surface area (Å²) in [5.41, 5.74) is 3.77. The lowest BCUT2D eigenvalue weighted by molar-refractivity contribution is -0.131. The predicted molar refractivity (Wildman–Crippen MR) is 113 cm³/mol. The Morgan fingerprint density at radius 3 is 2.87 bits per heavy atom. The van der Waals surface area contributed by atoms with E-state index in [0.29, 0.717) is 31.6 Å². The van der Waals surface area contributed by atoms with Crippen LogP contribution in [0.3, 0.4) is 0 Å². The van der Waals surface area contributed by atoms with Gasteiger partial charge in [0.15, 0.2) is 0 Å². The van der Waals surface area contributed by atoms with E-state index in [-0.39, 0.29) is 23.4 Å². The Hall–Kier alpha value is -3.68. The number of anilines is 1. The Kier molecular flexibility index (Phi) is 4.09. The number of rotatable bonds is 3. The highest BCUT2D eigenvalue weighted by atomic mass is 16.2. The zero-order valence-electron chi connectivity index (χ0n) is 16.6. The second-order valence-electron chi connectivity index (χ2n) is 7.83. The van der Waals surface area contributed by atoms with Gasteiger partial charge >= 0.3 is 0 Å². The SMILES string of the molecule is C=CC(=O)N1CC(n2cc3c(cc2=O)C(=O)N(c2c(C)ccc4[nH]ncc24)CC3)C1. The van der Waals surface area contributed by atoms with Crippen LogP contribution in [0.15, 0.2) is 48.0 Å². The molecule has 30 heavy (non-hydrogen) atoms. The standard InChI is InChI=1S/C22H21N5O3/c1-3-19(28)25-11-15(12-25)27-10-14-6-7-26(22(30)16(14)8-20(27)29)21-13(2)4-5-18-17(21)9-23-24-18/h3-5,8-10,15H,1,6-7,11-12H2,2H3,(H,23,24). The van der Waals surface area contributed by atoms with Gasteiger partial charge in [-0.2, -0.15) is 5.10 Å². The summed E-state index contributed by atoms with van der Waals surface area (Å²) >= 11 is 0. The maximum absolute atomic E-state index is 13.3. The summed E-state index contributed by atoms with van der Waals surface area (Å²) < 4.78 is 1.65. The fourth-order valence-electron chi connectivity index (χ4n) is 4.38. The normalized spacial score (nSPS) is 16.5. The molecule has 8 nitrogen and oxygen atoms in total. The van der Waals surface area contributed by atoms with Crippen molar-refractivity contribution in [1.29, 1.82) is 0 Å². The molecule has 2 aromatic heterocycles. The van der Waals surface area contributed by atoms with Crippen LogP contribution in [0, 0.1) is 6.92 Å². The number of nitrogens with zero attached hydrogens (tertiary/aromatic N) is 4. The average Bonchev–Trinajstić information content (AvgIpc) is 3.17. The Balaban J connectivity index is 1.48. The molecule has 0 spiro atoms. The van der Waals surface area contributed by atoms with E-state index >= 15 is 0 Å². The summed E-state index contributed by atoms with van der Waals surface area (Å²) in [6, 6.07) is 5.28. The van der Waals surface area contributed by atoms with Gasteiger partial charge in [0.2, 0.25) is 5.91 Å². The third-order valence-corrected chi connectivity index (χ3v) is 6.05. The molecule has 152 valence electrons. The van der Waals surface area contributed by atoms with Gasteiger partial charge in [0.05, 0.1) is 29.0 Å². The van der Waals surface area contributed by atoms with Gasteiger partial charge in [-0.1, -0.05) is 12.6 Å². The number of carbonyl (C=O) groups excluding carboxylic acids is 2. The molecule has 8 heteroatoms. The number of aromatic nitrogens is 3. The van der Waals surface area contributed by atoms with Gasteiger partial charge in [0.1, 0.15) is 0 Å². The number of hydrogen-bond acceptors (Lipinski definition) is 4. The van der Waals surface area contributed by atoms with E-state index in [9.17, 15) is 14.4 Å². The molecule has 1 fully saturated rings. The third-order valence-electron chi connectivity index (χ3n) is 6.05. The van der Waals surface area contributed by atoms with Gasteiger partial charge in [-0.25, -0.2) is 0 Å². The first-order valence-corrected chi connectivity index (χ1v) is 9.89. The van der Waals surface area contributed by atoms with Gasteiger partial charge in [0, 0.05) is 37.3 Å². The topological polar surface area (TPSA) is 91.3 Å². The van der Waals surface area contributed by atoms with Crippen LogP contribution in [-0.4, -0.2) is 51.1 Å². The summed E-state index contributed by atoms with van der Waals surface area (Å²) in [5, 5.41) is 7.94. The van der Waals surface area contributed by atoms with Crippen molar-refractivity contribution in [2.24, 2.45) is 0 Å². The molecule has 0 radical (unpaired) electrons. The van der Waals surface area contributed by atoms with Crippen molar-refractivity contribution in [2.75, 3.05) is 24.5 Å². The maximum Gasteiger partial charge on any atom is 0.258 e. The number of H-pyrrole nitrogens is 1. The summed E-state index contributed by atoms with van der Waals surface area (Å²) in [6.07, 6.45) is 5.45. The largest absolute Gasteiger partial charge is 0.335 e. The van der Waals surface area contributed by atoms with Gasteiger partial charge in [-0.15, -0.1) is 0 Å². The molecule has 5 rings (SSSR count). The maximum atomic E-state index is 13.3. The number of amides is 2. The molecule has 0 aliphatic carbocycles. The molecule has 0 saturated carbocycles. The number of aromatic amines is 1. The van der Waals surface area contributed by atoms with Crippen molar-refractivity contribution in [2.45, 2.75) is 19.4 Å². The second kappa shape index (κ2) is 6.69. The lowest BCUT2D eigenvalue weighted by atomic mass is 9.98. The number of likely N-dealkylation sites (tertiary alicyclic amines) is 1. The minimum atomic E-state index is -0.224. The quantitative estimate of drug-likeness (QED) is 0.675. The third kappa shape index (κ3) is 2.67. The summed E-state index contributed by atoms with van der Waals surface area (Å²) in [6.45, 7) is 6.94. The van der Waals surface area contributed by atoms with Crippen molar-refractivity contribution in [3.63, 3.8) is 0 Å². The van der Waals surface area contributed by atoms with Crippen molar-refractivity contribution in [3.8, 4) is 0 Å². The molecule has 0 atom stereocenters. The number of aryl methyl sites for hydroxylation is 1. The molecule has 3 aromatic rings. The first-order valence-electron chi connectivity index (χ1n) is 9.89. The van der Waals surface area contributed by atoms with Crippen LogP contribution in [0.25, 0.3) is 10.9 Å². The van der Waals surface area contributed by atoms with Crippen LogP contribution in [0.4, 0.5) is 5.69 Å². The highest BCUT2D eigenvalue weighted by Gasteiger charge is 2.34. The second-order valence-corrected chi connectivity index (χ2v) is 7.83. The smallest absolute Gasteiger partial charge is 0.258 e. The van der Waals surface area contributed by atoms with Crippen LogP contribution >= 0.6 is 0 Å². The van der Waals surface area contributed by atoms with Crippen molar-refractivity contribution in [3.05, 3.63) is 70.3 Å². The first-order chi connectivity index (χ1) is 14.5. The highest BCUT2D eigenvalue weighted by Crippen LogP contribution is 2.33. The Morgan fingerprint density at radius 1 is 1.30 bits per heavy atom. The Labute approximate surface area is 172 Å². The molecule has 2 aliphatic rings.